The van der Waals surface area contributed by atoms with Gasteiger partial charge in [-0.15, -0.1) is 24.0 Å². The first kappa shape index (κ1) is 27.9. The van der Waals surface area contributed by atoms with Crippen LogP contribution < -0.4 is 15.4 Å². The molecule has 7 nitrogen and oxygen atoms in total. The van der Waals surface area contributed by atoms with Gasteiger partial charge in [0.1, 0.15) is 5.75 Å². The zero-order valence-electron chi connectivity index (χ0n) is 20.1. The van der Waals surface area contributed by atoms with E-state index in [1.54, 1.807) is 7.11 Å². The van der Waals surface area contributed by atoms with E-state index in [4.69, 9.17) is 9.47 Å². The van der Waals surface area contributed by atoms with Crippen molar-refractivity contribution in [3.8, 4) is 5.75 Å². The number of hydrogen-bond donors (Lipinski definition) is 2. The molecule has 0 aliphatic carbocycles. The van der Waals surface area contributed by atoms with Gasteiger partial charge >= 0.3 is 0 Å². The van der Waals surface area contributed by atoms with Crippen LogP contribution >= 0.6 is 24.0 Å². The van der Waals surface area contributed by atoms with Crippen molar-refractivity contribution in [2.75, 3.05) is 67.6 Å². The van der Waals surface area contributed by atoms with E-state index in [0.717, 1.165) is 57.5 Å². The number of methoxy groups -OCH3 is 1. The van der Waals surface area contributed by atoms with Gasteiger partial charge in [0.15, 0.2) is 5.96 Å². The number of guanidine groups is 1. The Morgan fingerprint density at radius 3 is 2.45 bits per heavy atom. The summed E-state index contributed by atoms with van der Waals surface area (Å²) in [4.78, 5) is 9.21. The van der Waals surface area contributed by atoms with Crippen molar-refractivity contribution in [2.45, 2.75) is 32.4 Å². The number of aliphatic imine (C=N–C) groups is 1. The lowest BCUT2D eigenvalue weighted by Crippen LogP contribution is -2.51. The second kappa shape index (κ2) is 14.9. The quantitative estimate of drug-likeness (QED) is 0.267. The molecule has 2 N–H and O–H groups in total. The topological polar surface area (TPSA) is 61.4 Å². The first-order valence-electron chi connectivity index (χ1n) is 11.0. The summed E-state index contributed by atoms with van der Waals surface area (Å²) < 4.78 is 10.9. The van der Waals surface area contributed by atoms with E-state index < -0.39 is 0 Å². The molecule has 2 unspecified atom stereocenters. The summed E-state index contributed by atoms with van der Waals surface area (Å²) in [6, 6.07) is 8.95. The highest BCUT2D eigenvalue weighted by Gasteiger charge is 2.22. The van der Waals surface area contributed by atoms with E-state index in [1.807, 2.05) is 19.2 Å². The predicted octanol–water partition coefficient (Wildman–Crippen LogP) is 2.83. The van der Waals surface area contributed by atoms with Crippen molar-refractivity contribution in [3.05, 3.63) is 29.8 Å². The largest absolute Gasteiger partial charge is 0.497 e. The van der Waals surface area contributed by atoms with Crippen LogP contribution in [-0.4, -0.2) is 89.4 Å². The number of rotatable bonds is 10. The maximum absolute atomic E-state index is 5.54. The van der Waals surface area contributed by atoms with Crippen LogP contribution in [0.1, 0.15) is 31.9 Å². The summed E-state index contributed by atoms with van der Waals surface area (Å²) in [5.74, 6) is 2.37. The summed E-state index contributed by atoms with van der Waals surface area (Å²) in [6.07, 6.45) is 1.16. The molecule has 0 bridgehead atoms. The monoisotopic (exact) mass is 547 g/mol. The zero-order chi connectivity index (χ0) is 21.9. The number of likely N-dealkylation sites (N-methyl/N-ethyl adjacent to an activating group) is 1. The van der Waals surface area contributed by atoms with E-state index in [0.29, 0.717) is 12.0 Å². The zero-order valence-corrected chi connectivity index (χ0v) is 22.4. The number of hydrogen-bond acceptors (Lipinski definition) is 5. The third-order valence-corrected chi connectivity index (χ3v) is 5.60. The number of benzene rings is 1. The normalized spacial score (nSPS) is 17.2. The third-order valence-electron chi connectivity index (χ3n) is 5.60. The van der Waals surface area contributed by atoms with Gasteiger partial charge in [0.25, 0.3) is 0 Å². The van der Waals surface area contributed by atoms with Crippen LogP contribution in [0.2, 0.25) is 0 Å². The van der Waals surface area contributed by atoms with Crippen LogP contribution in [0, 0.1) is 5.92 Å². The minimum atomic E-state index is 0. The Labute approximate surface area is 206 Å². The van der Waals surface area contributed by atoms with E-state index in [9.17, 15) is 0 Å². The molecular formula is C23H42IN5O2. The number of halogens is 1. The summed E-state index contributed by atoms with van der Waals surface area (Å²) in [7, 11) is 7.73. The highest BCUT2D eigenvalue weighted by molar-refractivity contribution is 14.0. The molecule has 31 heavy (non-hydrogen) atoms. The molecule has 1 aromatic carbocycles. The van der Waals surface area contributed by atoms with E-state index in [-0.39, 0.29) is 30.0 Å². The van der Waals surface area contributed by atoms with Gasteiger partial charge < -0.3 is 25.0 Å². The molecule has 1 aliphatic rings. The maximum Gasteiger partial charge on any atom is 0.191 e. The summed E-state index contributed by atoms with van der Waals surface area (Å²) in [5.41, 5.74) is 1.22. The molecule has 0 aromatic heterocycles. The van der Waals surface area contributed by atoms with Crippen molar-refractivity contribution >= 4 is 29.9 Å². The van der Waals surface area contributed by atoms with E-state index >= 15 is 0 Å². The highest BCUT2D eigenvalue weighted by Crippen LogP contribution is 2.22. The van der Waals surface area contributed by atoms with Crippen molar-refractivity contribution in [2.24, 2.45) is 10.9 Å². The van der Waals surface area contributed by atoms with Gasteiger partial charge in [0.05, 0.1) is 26.4 Å². The van der Waals surface area contributed by atoms with Crippen LogP contribution in [0.4, 0.5) is 0 Å². The van der Waals surface area contributed by atoms with Gasteiger partial charge in [-0.1, -0.05) is 26.0 Å². The lowest BCUT2D eigenvalue weighted by molar-refractivity contribution is 0.0132. The Bertz CT molecular complexity index is 651. The molecule has 0 saturated carbocycles. The summed E-state index contributed by atoms with van der Waals surface area (Å²) in [5, 5.41) is 7.07. The smallest absolute Gasteiger partial charge is 0.191 e. The fourth-order valence-corrected chi connectivity index (χ4v) is 3.92. The maximum atomic E-state index is 5.54. The van der Waals surface area contributed by atoms with Crippen LogP contribution in [0.25, 0.3) is 0 Å². The lowest BCUT2D eigenvalue weighted by Gasteiger charge is -2.36. The Morgan fingerprint density at radius 2 is 1.87 bits per heavy atom. The summed E-state index contributed by atoms with van der Waals surface area (Å²) in [6.45, 7) is 9.87. The predicted molar refractivity (Wildman–Crippen MR) is 140 cm³/mol. The average molecular weight is 548 g/mol. The average Bonchev–Trinajstić information content (AvgIpc) is 2.75. The van der Waals surface area contributed by atoms with Crippen LogP contribution in [0.15, 0.2) is 29.3 Å². The Kier molecular flexibility index (Phi) is 13.4. The molecule has 1 aromatic rings. The van der Waals surface area contributed by atoms with Gasteiger partial charge in [-0.2, -0.15) is 0 Å². The fraction of sp³-hybridized carbons (Fsp3) is 0.696. The van der Waals surface area contributed by atoms with Gasteiger partial charge in [-0.3, -0.25) is 9.89 Å². The molecule has 2 atom stereocenters. The molecule has 1 fully saturated rings. The standard InChI is InChI=1S/C23H41N5O2.HI/c1-18(2)14-20(28-10-12-30-13-11-28)16-25-23(24-3)26-17-22(27(4)5)19-8-7-9-21(15-19)29-6;/h7-9,15,18,20,22H,10-14,16-17H2,1-6H3,(H2,24,25,26);1H. The van der Waals surface area contributed by atoms with Crippen molar-refractivity contribution in [3.63, 3.8) is 0 Å². The number of nitrogens with one attached hydrogen (secondary N) is 2. The highest BCUT2D eigenvalue weighted by atomic mass is 127. The van der Waals surface area contributed by atoms with Gasteiger partial charge in [-0.25, -0.2) is 0 Å². The molecule has 8 heteroatoms. The minimum Gasteiger partial charge on any atom is -0.497 e. The molecule has 1 heterocycles. The number of nitrogens with zero attached hydrogens (tertiary/aromatic N) is 3. The number of ether oxygens (including phenoxy) is 2. The molecule has 1 aliphatic heterocycles. The fourth-order valence-electron chi connectivity index (χ4n) is 3.92. The first-order chi connectivity index (χ1) is 14.4. The van der Waals surface area contributed by atoms with Gasteiger partial charge in [0.2, 0.25) is 0 Å². The first-order valence-corrected chi connectivity index (χ1v) is 11.0. The molecule has 2 rings (SSSR count). The lowest BCUT2D eigenvalue weighted by atomic mass is 10.0. The van der Waals surface area contributed by atoms with Gasteiger partial charge in [0, 0.05) is 39.3 Å². The van der Waals surface area contributed by atoms with Crippen LogP contribution in [0.5, 0.6) is 5.75 Å². The second-order valence-corrected chi connectivity index (χ2v) is 8.52. The third kappa shape index (κ3) is 9.51. The minimum absolute atomic E-state index is 0. The Balaban J connectivity index is 0.00000480. The summed E-state index contributed by atoms with van der Waals surface area (Å²) >= 11 is 0. The van der Waals surface area contributed by atoms with Crippen LogP contribution in [0.3, 0.4) is 0 Å². The molecule has 178 valence electrons. The van der Waals surface area contributed by atoms with Crippen LogP contribution in [-0.2, 0) is 4.74 Å². The Hall–Kier alpha value is -1.10. The van der Waals surface area contributed by atoms with Crippen molar-refractivity contribution < 1.29 is 9.47 Å². The second-order valence-electron chi connectivity index (χ2n) is 8.52. The van der Waals surface area contributed by atoms with Gasteiger partial charge in [-0.05, 0) is 44.1 Å². The van der Waals surface area contributed by atoms with Crippen molar-refractivity contribution in [1.29, 1.82) is 0 Å². The SMILES string of the molecule is CN=C(NCC(c1cccc(OC)c1)N(C)C)NCC(CC(C)C)N1CCOCC1.I. The molecule has 1 saturated heterocycles. The molecule has 0 radical (unpaired) electrons. The Morgan fingerprint density at radius 1 is 1.19 bits per heavy atom. The molecule has 0 spiro atoms. The number of morpholine rings is 1. The van der Waals surface area contributed by atoms with E-state index in [1.165, 1.54) is 5.56 Å². The molecule has 0 amide bonds. The molecular weight excluding hydrogens is 505 g/mol. The van der Waals surface area contributed by atoms with E-state index in [2.05, 4.69) is 65.5 Å². The van der Waals surface area contributed by atoms with Crippen molar-refractivity contribution in [1.82, 2.24) is 20.4 Å².